The van der Waals surface area contributed by atoms with Crippen LogP contribution in [0.15, 0.2) is 34.0 Å². The van der Waals surface area contributed by atoms with Crippen LogP contribution in [-0.2, 0) is 14.1 Å². The molecule has 104 valence electrons. The van der Waals surface area contributed by atoms with Crippen molar-refractivity contribution in [3.05, 3.63) is 65.5 Å². The van der Waals surface area contributed by atoms with Crippen LogP contribution in [0.1, 0.15) is 21.5 Å². The third-order valence-electron chi connectivity index (χ3n) is 3.13. The van der Waals surface area contributed by atoms with E-state index in [1.807, 2.05) is 13.0 Å². The molecule has 0 amide bonds. The topological polar surface area (TPSA) is 61.1 Å². The van der Waals surface area contributed by atoms with Gasteiger partial charge in [-0.25, -0.2) is 4.79 Å². The van der Waals surface area contributed by atoms with E-state index in [9.17, 15) is 14.4 Å². The molecule has 1 heterocycles. The summed E-state index contributed by atoms with van der Waals surface area (Å²) in [5, 5.41) is 0. The van der Waals surface area contributed by atoms with Gasteiger partial charge in [0, 0.05) is 29.4 Å². The Balaban J connectivity index is 2.70. The van der Waals surface area contributed by atoms with Crippen LogP contribution in [0.25, 0.3) is 0 Å². The van der Waals surface area contributed by atoms with Gasteiger partial charge in [0.25, 0.3) is 5.56 Å². The Bertz CT molecular complexity index is 818. The van der Waals surface area contributed by atoms with Crippen LogP contribution in [0.5, 0.6) is 0 Å². The SMILES string of the molecule is Cc1cccc(C(=O)c2cn(C)c(=O)n(C)c2=O)c1I. The Morgan fingerprint density at radius 1 is 1.15 bits per heavy atom. The molecule has 20 heavy (non-hydrogen) atoms. The summed E-state index contributed by atoms with van der Waals surface area (Å²) in [6, 6.07) is 5.36. The van der Waals surface area contributed by atoms with Crippen LogP contribution in [-0.4, -0.2) is 14.9 Å². The summed E-state index contributed by atoms with van der Waals surface area (Å²) in [7, 11) is 2.88. The maximum atomic E-state index is 12.5. The highest BCUT2D eigenvalue weighted by atomic mass is 127. The molecule has 0 radical (unpaired) electrons. The molecule has 0 aliphatic heterocycles. The number of hydrogen-bond donors (Lipinski definition) is 0. The molecular weight excluding hydrogens is 371 g/mol. The molecule has 0 N–H and O–H groups in total. The molecule has 2 rings (SSSR count). The number of hydrogen-bond acceptors (Lipinski definition) is 3. The molecule has 0 saturated heterocycles. The quantitative estimate of drug-likeness (QED) is 0.578. The number of aromatic nitrogens is 2. The van der Waals surface area contributed by atoms with Crippen LogP contribution in [0.3, 0.4) is 0 Å². The third-order valence-corrected chi connectivity index (χ3v) is 4.56. The number of carbonyl (C=O) groups is 1. The number of ketones is 1. The molecule has 0 bridgehead atoms. The van der Waals surface area contributed by atoms with E-state index < -0.39 is 11.2 Å². The minimum Gasteiger partial charge on any atom is -0.303 e. The first-order valence-electron chi connectivity index (χ1n) is 5.91. The van der Waals surface area contributed by atoms with Crippen LogP contribution >= 0.6 is 22.6 Å². The molecule has 0 unspecified atom stereocenters. The van der Waals surface area contributed by atoms with Crippen molar-refractivity contribution in [1.82, 2.24) is 9.13 Å². The summed E-state index contributed by atoms with van der Waals surface area (Å²) >= 11 is 2.08. The van der Waals surface area contributed by atoms with Crippen molar-refractivity contribution in [2.24, 2.45) is 14.1 Å². The summed E-state index contributed by atoms with van der Waals surface area (Å²) in [5.41, 5.74) is 0.415. The first-order chi connectivity index (χ1) is 9.34. The molecule has 6 heteroatoms. The smallest absolute Gasteiger partial charge is 0.303 e. The molecule has 0 aliphatic rings. The molecule has 0 saturated carbocycles. The van der Waals surface area contributed by atoms with Crippen molar-refractivity contribution in [3.63, 3.8) is 0 Å². The van der Waals surface area contributed by atoms with Crippen LogP contribution in [0.4, 0.5) is 0 Å². The predicted molar refractivity (Wildman–Crippen MR) is 84.3 cm³/mol. The minimum atomic E-state index is -0.574. The van der Waals surface area contributed by atoms with E-state index in [1.165, 1.54) is 24.9 Å². The number of aryl methyl sites for hydroxylation is 2. The molecule has 0 fully saturated rings. The Morgan fingerprint density at radius 2 is 1.80 bits per heavy atom. The molecule has 5 nitrogen and oxygen atoms in total. The number of rotatable bonds is 2. The van der Waals surface area contributed by atoms with Crippen molar-refractivity contribution in [2.45, 2.75) is 6.92 Å². The molecule has 0 aliphatic carbocycles. The van der Waals surface area contributed by atoms with Gasteiger partial charge >= 0.3 is 5.69 Å². The summed E-state index contributed by atoms with van der Waals surface area (Å²) in [4.78, 5) is 36.2. The van der Waals surface area contributed by atoms with Crippen molar-refractivity contribution < 1.29 is 4.79 Å². The Labute approximate surface area is 129 Å². The molecule has 0 spiro atoms. The van der Waals surface area contributed by atoms with Gasteiger partial charge < -0.3 is 4.57 Å². The zero-order valence-electron chi connectivity index (χ0n) is 11.3. The van der Waals surface area contributed by atoms with Crippen molar-refractivity contribution in [3.8, 4) is 0 Å². The highest BCUT2D eigenvalue weighted by molar-refractivity contribution is 14.1. The molecule has 1 aromatic carbocycles. The van der Waals surface area contributed by atoms with E-state index >= 15 is 0 Å². The summed E-state index contributed by atoms with van der Waals surface area (Å²) in [6.45, 7) is 1.90. The van der Waals surface area contributed by atoms with Gasteiger partial charge in [-0.2, -0.15) is 0 Å². The van der Waals surface area contributed by atoms with Crippen LogP contribution in [0.2, 0.25) is 0 Å². The highest BCUT2D eigenvalue weighted by Gasteiger charge is 2.19. The minimum absolute atomic E-state index is 0.00174. The largest absolute Gasteiger partial charge is 0.330 e. The number of halogens is 1. The Kier molecular flexibility index (Phi) is 3.94. The average Bonchev–Trinajstić information content (AvgIpc) is 2.43. The van der Waals surface area contributed by atoms with E-state index in [0.717, 1.165) is 13.7 Å². The Morgan fingerprint density at radius 3 is 2.45 bits per heavy atom. The fourth-order valence-electron chi connectivity index (χ4n) is 1.93. The van der Waals surface area contributed by atoms with Gasteiger partial charge in [-0.15, -0.1) is 0 Å². The predicted octanol–water partition coefficient (Wildman–Crippen LogP) is 1.23. The zero-order chi connectivity index (χ0) is 15.0. The maximum Gasteiger partial charge on any atom is 0.330 e. The van der Waals surface area contributed by atoms with Gasteiger partial charge in [-0.1, -0.05) is 12.1 Å². The summed E-state index contributed by atoms with van der Waals surface area (Å²) in [6.07, 6.45) is 1.30. The van der Waals surface area contributed by atoms with Crippen molar-refractivity contribution in [1.29, 1.82) is 0 Å². The normalized spacial score (nSPS) is 10.6. The van der Waals surface area contributed by atoms with Gasteiger partial charge in [0.2, 0.25) is 5.78 Å². The maximum absolute atomic E-state index is 12.5. The van der Waals surface area contributed by atoms with Gasteiger partial charge in [0.05, 0.1) is 0 Å². The fourth-order valence-corrected chi connectivity index (χ4v) is 2.54. The molecular formula is C14H13IN2O3. The molecule has 1 aromatic heterocycles. The van der Waals surface area contributed by atoms with Crippen LogP contribution < -0.4 is 11.2 Å². The number of nitrogens with zero attached hydrogens (tertiary/aromatic N) is 2. The second kappa shape index (κ2) is 5.35. The van der Waals surface area contributed by atoms with E-state index in [4.69, 9.17) is 0 Å². The fraction of sp³-hybridized carbons (Fsp3) is 0.214. The standard InChI is InChI=1S/C14H13IN2O3/c1-8-5-4-6-9(11(8)15)12(18)10-7-16(2)14(20)17(3)13(10)19/h4-7H,1-3H3. The highest BCUT2D eigenvalue weighted by Crippen LogP contribution is 2.18. The van der Waals surface area contributed by atoms with E-state index in [-0.39, 0.29) is 11.3 Å². The lowest BCUT2D eigenvalue weighted by atomic mass is 10.0. The van der Waals surface area contributed by atoms with Gasteiger partial charge in [0.15, 0.2) is 0 Å². The van der Waals surface area contributed by atoms with Gasteiger partial charge in [0.1, 0.15) is 5.56 Å². The second-order valence-electron chi connectivity index (χ2n) is 4.57. The monoisotopic (exact) mass is 384 g/mol. The molecule has 2 aromatic rings. The number of carbonyl (C=O) groups excluding carboxylic acids is 1. The Hall–Kier alpha value is -1.70. The van der Waals surface area contributed by atoms with Crippen LogP contribution in [0, 0.1) is 10.5 Å². The summed E-state index contributed by atoms with van der Waals surface area (Å²) in [5.74, 6) is -0.366. The van der Waals surface area contributed by atoms with Crippen molar-refractivity contribution in [2.75, 3.05) is 0 Å². The first-order valence-corrected chi connectivity index (χ1v) is 6.99. The number of benzene rings is 1. The summed E-state index contributed by atoms with van der Waals surface area (Å²) < 4.78 is 2.98. The first kappa shape index (κ1) is 14.7. The van der Waals surface area contributed by atoms with E-state index in [2.05, 4.69) is 22.6 Å². The van der Waals surface area contributed by atoms with Gasteiger partial charge in [-0.05, 0) is 41.1 Å². The van der Waals surface area contributed by atoms with Gasteiger partial charge in [-0.3, -0.25) is 14.2 Å². The van der Waals surface area contributed by atoms with Crippen molar-refractivity contribution >= 4 is 28.4 Å². The lowest BCUT2D eigenvalue weighted by Crippen LogP contribution is -2.39. The molecule has 0 atom stereocenters. The average molecular weight is 384 g/mol. The van der Waals surface area contributed by atoms with E-state index in [0.29, 0.717) is 5.56 Å². The third kappa shape index (κ3) is 2.35. The second-order valence-corrected chi connectivity index (χ2v) is 5.64. The van der Waals surface area contributed by atoms with E-state index in [1.54, 1.807) is 12.1 Å². The lowest BCUT2D eigenvalue weighted by Gasteiger charge is -2.08. The lowest BCUT2D eigenvalue weighted by molar-refractivity contribution is 0.103. The zero-order valence-corrected chi connectivity index (χ0v) is 13.5.